The van der Waals surface area contributed by atoms with Crippen LogP contribution in [0.25, 0.3) is 6.08 Å². The molecule has 1 saturated heterocycles. The Morgan fingerprint density at radius 1 is 1.33 bits per heavy atom. The number of ether oxygens (including phenoxy) is 1. The minimum absolute atomic E-state index is 0.0773. The van der Waals surface area contributed by atoms with E-state index >= 15 is 0 Å². The molecule has 0 saturated carbocycles. The van der Waals surface area contributed by atoms with Crippen LogP contribution in [0.5, 0.6) is 5.75 Å². The van der Waals surface area contributed by atoms with Crippen LogP contribution >= 0.6 is 24.0 Å². The van der Waals surface area contributed by atoms with E-state index in [4.69, 9.17) is 22.1 Å². The molecule has 9 heteroatoms. The van der Waals surface area contributed by atoms with Crippen molar-refractivity contribution in [2.75, 3.05) is 6.61 Å². The molecule has 1 aliphatic rings. The van der Waals surface area contributed by atoms with E-state index in [2.05, 4.69) is 6.58 Å². The molecule has 2 rings (SSSR count). The minimum Gasteiger partial charge on any atom is -0.489 e. The Morgan fingerprint density at radius 3 is 2.67 bits per heavy atom. The van der Waals surface area contributed by atoms with Gasteiger partial charge in [-0.25, -0.2) is 4.79 Å². The summed E-state index contributed by atoms with van der Waals surface area (Å²) >= 11 is 6.13. The number of nitrogens with zero attached hydrogens (tertiary/aromatic N) is 1. The van der Waals surface area contributed by atoms with Crippen molar-refractivity contribution >= 4 is 52.2 Å². The number of aliphatic carboxylic acids is 2. The van der Waals surface area contributed by atoms with Gasteiger partial charge in [-0.2, -0.15) is 0 Å². The first kappa shape index (κ1) is 20.7. The van der Waals surface area contributed by atoms with Crippen LogP contribution < -0.4 is 4.74 Å². The number of para-hydroxylation sites is 1. The lowest BCUT2D eigenvalue weighted by Crippen LogP contribution is -2.44. The van der Waals surface area contributed by atoms with Gasteiger partial charge in [0.15, 0.2) is 0 Å². The number of thiocarbonyl (C=S) groups is 1. The van der Waals surface area contributed by atoms with Crippen LogP contribution in [0, 0.1) is 0 Å². The predicted octanol–water partition coefficient (Wildman–Crippen LogP) is 2.77. The van der Waals surface area contributed by atoms with E-state index in [0.717, 1.165) is 16.7 Å². The molecular formula is C18H17NO6S2. The highest BCUT2D eigenvalue weighted by Crippen LogP contribution is 2.36. The first-order valence-corrected chi connectivity index (χ1v) is 9.12. The summed E-state index contributed by atoms with van der Waals surface area (Å²) in [5.74, 6) is -2.47. The molecule has 142 valence electrons. The van der Waals surface area contributed by atoms with Gasteiger partial charge in [0.1, 0.15) is 22.7 Å². The number of hydrogen-bond donors (Lipinski definition) is 2. The van der Waals surface area contributed by atoms with E-state index in [1.807, 2.05) is 0 Å². The molecule has 1 aromatic rings. The van der Waals surface area contributed by atoms with Gasteiger partial charge in [-0.1, -0.05) is 54.8 Å². The van der Waals surface area contributed by atoms with E-state index in [1.165, 1.54) is 0 Å². The molecule has 0 aromatic heterocycles. The van der Waals surface area contributed by atoms with E-state index in [-0.39, 0.29) is 22.1 Å². The van der Waals surface area contributed by atoms with E-state index in [9.17, 15) is 19.5 Å². The molecule has 0 aliphatic carbocycles. The molecule has 0 bridgehead atoms. The molecule has 1 amide bonds. The SMILES string of the molecule is C=CCOc1ccccc1/C=C1/SC(=S)N([C@@H](CCC(=O)O)C(=O)O)C1=O. The number of carboxylic acid groups (broad SMARTS) is 2. The van der Waals surface area contributed by atoms with Crippen LogP contribution in [-0.2, 0) is 14.4 Å². The molecule has 0 radical (unpaired) electrons. The molecule has 1 fully saturated rings. The fraction of sp³-hybridized carbons (Fsp3) is 0.222. The Bertz CT molecular complexity index is 820. The summed E-state index contributed by atoms with van der Waals surface area (Å²) in [4.78, 5) is 36.2. The lowest BCUT2D eigenvalue weighted by atomic mass is 10.1. The number of amides is 1. The summed E-state index contributed by atoms with van der Waals surface area (Å²) in [5, 5.41) is 18.2. The fourth-order valence-corrected chi connectivity index (χ4v) is 3.74. The zero-order chi connectivity index (χ0) is 20.0. The van der Waals surface area contributed by atoms with Gasteiger partial charge in [0.25, 0.3) is 5.91 Å². The maximum atomic E-state index is 12.7. The van der Waals surface area contributed by atoms with Crippen LogP contribution in [0.3, 0.4) is 0 Å². The predicted molar refractivity (Wildman–Crippen MR) is 105 cm³/mol. The number of rotatable bonds is 9. The zero-order valence-electron chi connectivity index (χ0n) is 14.2. The number of benzene rings is 1. The average molecular weight is 407 g/mol. The van der Waals surface area contributed by atoms with Crippen molar-refractivity contribution in [3.63, 3.8) is 0 Å². The molecule has 1 aliphatic heterocycles. The summed E-state index contributed by atoms with van der Waals surface area (Å²) in [5.41, 5.74) is 0.636. The van der Waals surface area contributed by atoms with E-state index < -0.39 is 23.9 Å². The van der Waals surface area contributed by atoms with Gasteiger partial charge < -0.3 is 14.9 Å². The van der Waals surface area contributed by atoms with Crippen molar-refractivity contribution < 1.29 is 29.3 Å². The van der Waals surface area contributed by atoms with Gasteiger partial charge in [0.2, 0.25) is 0 Å². The second-order valence-electron chi connectivity index (χ2n) is 5.48. The largest absolute Gasteiger partial charge is 0.489 e. The van der Waals surface area contributed by atoms with Gasteiger partial charge in [-0.3, -0.25) is 14.5 Å². The molecular weight excluding hydrogens is 390 g/mol. The van der Waals surface area contributed by atoms with Crippen molar-refractivity contribution in [2.45, 2.75) is 18.9 Å². The highest BCUT2D eigenvalue weighted by atomic mass is 32.2. The third-order valence-electron chi connectivity index (χ3n) is 3.61. The zero-order valence-corrected chi connectivity index (χ0v) is 15.8. The van der Waals surface area contributed by atoms with Gasteiger partial charge >= 0.3 is 11.9 Å². The quantitative estimate of drug-likeness (QED) is 0.366. The lowest BCUT2D eigenvalue weighted by Gasteiger charge is -2.22. The van der Waals surface area contributed by atoms with Crippen LogP contribution in [0.4, 0.5) is 0 Å². The Hall–Kier alpha value is -2.65. The molecule has 0 spiro atoms. The summed E-state index contributed by atoms with van der Waals surface area (Å²) in [6.07, 6.45) is 2.55. The minimum atomic E-state index is -1.33. The average Bonchev–Trinajstić information content (AvgIpc) is 2.88. The summed E-state index contributed by atoms with van der Waals surface area (Å²) in [7, 11) is 0. The maximum absolute atomic E-state index is 12.7. The van der Waals surface area contributed by atoms with Crippen molar-refractivity contribution in [1.82, 2.24) is 4.90 Å². The Kier molecular flexibility index (Phi) is 7.14. The van der Waals surface area contributed by atoms with E-state index in [1.54, 1.807) is 36.4 Å². The normalized spacial score (nSPS) is 16.4. The monoisotopic (exact) mass is 407 g/mol. The van der Waals surface area contributed by atoms with Crippen molar-refractivity contribution in [1.29, 1.82) is 0 Å². The summed E-state index contributed by atoms with van der Waals surface area (Å²) < 4.78 is 5.62. The second-order valence-corrected chi connectivity index (χ2v) is 7.15. The standard InChI is InChI=1S/C18H17NO6S2/c1-2-9-25-13-6-4-3-5-11(13)10-14-16(22)19(18(26)27-14)12(17(23)24)7-8-15(20)21/h2-6,10,12H,1,7-9H2,(H,20,21)(H,23,24)/b14-10+/t12-/m0/s1. The van der Waals surface area contributed by atoms with Crippen molar-refractivity contribution in [3.05, 3.63) is 47.4 Å². The van der Waals surface area contributed by atoms with Crippen LogP contribution in [0.1, 0.15) is 18.4 Å². The first-order valence-electron chi connectivity index (χ1n) is 7.89. The number of carbonyl (C=O) groups excluding carboxylic acids is 1. The van der Waals surface area contributed by atoms with Gasteiger partial charge in [0.05, 0.1) is 4.91 Å². The molecule has 27 heavy (non-hydrogen) atoms. The topological polar surface area (TPSA) is 104 Å². The highest BCUT2D eigenvalue weighted by molar-refractivity contribution is 8.26. The van der Waals surface area contributed by atoms with Crippen LogP contribution in [-0.4, -0.2) is 49.9 Å². The Morgan fingerprint density at radius 2 is 2.04 bits per heavy atom. The maximum Gasteiger partial charge on any atom is 0.326 e. The second kappa shape index (κ2) is 9.33. The molecule has 1 heterocycles. The Balaban J connectivity index is 2.29. The third-order valence-corrected chi connectivity index (χ3v) is 4.94. The molecule has 1 atom stereocenters. The number of hydrogen-bond acceptors (Lipinski definition) is 6. The van der Waals surface area contributed by atoms with Crippen LogP contribution in [0.15, 0.2) is 41.8 Å². The summed E-state index contributed by atoms with van der Waals surface area (Å²) in [6.45, 7) is 3.88. The van der Waals surface area contributed by atoms with Crippen LogP contribution in [0.2, 0.25) is 0 Å². The van der Waals surface area contributed by atoms with Gasteiger partial charge in [0, 0.05) is 12.0 Å². The fourth-order valence-electron chi connectivity index (χ4n) is 2.39. The van der Waals surface area contributed by atoms with E-state index in [0.29, 0.717) is 17.9 Å². The number of thioether (sulfide) groups is 1. The third kappa shape index (κ3) is 5.18. The molecule has 1 aromatic carbocycles. The number of carbonyl (C=O) groups is 3. The smallest absolute Gasteiger partial charge is 0.326 e. The molecule has 2 N–H and O–H groups in total. The van der Waals surface area contributed by atoms with Gasteiger partial charge in [-0.05, 0) is 18.6 Å². The molecule has 0 unspecified atom stereocenters. The summed E-state index contributed by atoms with van der Waals surface area (Å²) in [6, 6.07) is 5.73. The lowest BCUT2D eigenvalue weighted by molar-refractivity contribution is -0.146. The highest BCUT2D eigenvalue weighted by Gasteiger charge is 2.40. The van der Waals surface area contributed by atoms with Gasteiger partial charge in [-0.15, -0.1) is 0 Å². The molecule has 7 nitrogen and oxygen atoms in total. The number of carboxylic acids is 2. The Labute approximate surface area is 165 Å². The van der Waals surface area contributed by atoms with Crippen molar-refractivity contribution in [2.24, 2.45) is 0 Å². The first-order chi connectivity index (χ1) is 12.8. The van der Waals surface area contributed by atoms with Crippen molar-refractivity contribution in [3.8, 4) is 5.75 Å².